The molecule has 20 heavy (non-hydrogen) atoms. The van der Waals surface area contributed by atoms with E-state index in [1.54, 1.807) is 6.07 Å². The Bertz CT molecular complexity index is 553. The van der Waals surface area contributed by atoms with Crippen LogP contribution in [0, 0.1) is 0 Å². The maximum Gasteiger partial charge on any atom is 0.302 e. The van der Waals surface area contributed by atoms with Crippen molar-refractivity contribution in [2.75, 3.05) is 20.3 Å². The number of carbonyl (C=O) groups is 1. The van der Waals surface area contributed by atoms with Crippen molar-refractivity contribution < 1.29 is 23.9 Å². The van der Waals surface area contributed by atoms with E-state index in [4.69, 9.17) is 19.1 Å². The number of rotatable bonds is 5. The van der Waals surface area contributed by atoms with Crippen molar-refractivity contribution in [2.24, 2.45) is 10.3 Å². The molecule has 0 bridgehead atoms. The molecule has 0 spiro atoms. The first kappa shape index (κ1) is 13.9. The van der Waals surface area contributed by atoms with Crippen molar-refractivity contribution in [2.45, 2.75) is 6.92 Å². The average molecular weight is 278 g/mol. The zero-order chi connectivity index (χ0) is 14.4. The number of hydrogen-bond donors (Lipinski definition) is 0. The lowest BCUT2D eigenvalue weighted by atomic mass is 10.1. The van der Waals surface area contributed by atoms with Crippen LogP contribution in [0.1, 0.15) is 12.5 Å². The number of oxime groups is 2. The largest absolute Gasteiger partial charge is 0.462 e. The van der Waals surface area contributed by atoms with Gasteiger partial charge < -0.3 is 19.1 Å². The normalized spacial score (nSPS) is 16.7. The van der Waals surface area contributed by atoms with Gasteiger partial charge in [0.05, 0.1) is 5.56 Å². The van der Waals surface area contributed by atoms with E-state index >= 15 is 0 Å². The molecule has 2 rings (SSSR count). The molecular weight excluding hydrogens is 264 g/mol. The highest BCUT2D eigenvalue weighted by molar-refractivity contribution is 6.48. The van der Waals surface area contributed by atoms with Gasteiger partial charge in [0.15, 0.2) is 12.3 Å². The van der Waals surface area contributed by atoms with Gasteiger partial charge in [-0.05, 0) is 17.3 Å². The molecule has 0 saturated carbocycles. The van der Waals surface area contributed by atoms with Gasteiger partial charge in [0, 0.05) is 6.92 Å². The van der Waals surface area contributed by atoms with Crippen molar-refractivity contribution in [3.05, 3.63) is 29.8 Å². The van der Waals surface area contributed by atoms with Gasteiger partial charge in [-0.3, -0.25) is 4.79 Å². The van der Waals surface area contributed by atoms with Crippen molar-refractivity contribution in [1.82, 2.24) is 0 Å². The minimum absolute atomic E-state index is 0.121. The lowest BCUT2D eigenvalue weighted by Gasteiger charge is -2.01. The SMILES string of the molecule is CO/N=C1/C(=N/OCCOC(C)=O)Oc2ccccc21. The fourth-order valence-corrected chi connectivity index (χ4v) is 1.59. The molecule has 1 aliphatic heterocycles. The smallest absolute Gasteiger partial charge is 0.302 e. The predicted octanol–water partition coefficient (Wildman–Crippen LogP) is 1.32. The van der Waals surface area contributed by atoms with E-state index in [1.807, 2.05) is 18.2 Å². The van der Waals surface area contributed by atoms with Crippen LogP contribution in [0.25, 0.3) is 0 Å². The van der Waals surface area contributed by atoms with E-state index in [-0.39, 0.29) is 25.1 Å². The molecule has 0 unspecified atom stereocenters. The summed E-state index contributed by atoms with van der Waals surface area (Å²) in [5.41, 5.74) is 1.23. The highest BCUT2D eigenvalue weighted by Crippen LogP contribution is 2.26. The zero-order valence-corrected chi connectivity index (χ0v) is 11.2. The second kappa shape index (κ2) is 6.55. The van der Waals surface area contributed by atoms with E-state index < -0.39 is 0 Å². The molecule has 0 N–H and O–H groups in total. The Kier molecular flexibility index (Phi) is 4.54. The highest BCUT2D eigenvalue weighted by Gasteiger charge is 2.28. The standard InChI is InChI=1S/C13H14N2O5/c1-9(16)18-7-8-19-15-13-12(14-17-2)10-5-3-4-6-11(10)20-13/h3-6H,7-8H2,1-2H3/b14-12+,15-13-. The molecule has 1 aromatic carbocycles. The zero-order valence-electron chi connectivity index (χ0n) is 11.2. The monoisotopic (exact) mass is 278 g/mol. The van der Waals surface area contributed by atoms with Crippen molar-refractivity contribution in [3.63, 3.8) is 0 Å². The minimum atomic E-state index is -0.368. The highest BCUT2D eigenvalue weighted by atomic mass is 16.7. The molecule has 7 nitrogen and oxygen atoms in total. The van der Waals surface area contributed by atoms with E-state index in [2.05, 4.69) is 10.3 Å². The summed E-state index contributed by atoms with van der Waals surface area (Å²) in [6.45, 7) is 1.57. The van der Waals surface area contributed by atoms with Gasteiger partial charge in [-0.15, -0.1) is 0 Å². The number of para-hydroxylation sites is 1. The van der Waals surface area contributed by atoms with E-state index in [1.165, 1.54) is 14.0 Å². The van der Waals surface area contributed by atoms with E-state index in [0.717, 1.165) is 5.56 Å². The molecule has 0 saturated heterocycles. The van der Waals surface area contributed by atoms with Crippen LogP contribution >= 0.6 is 0 Å². The van der Waals surface area contributed by atoms with Crippen LogP contribution in [0.15, 0.2) is 34.6 Å². The third kappa shape index (κ3) is 3.25. The summed E-state index contributed by atoms with van der Waals surface area (Å²) < 4.78 is 10.2. The molecule has 1 heterocycles. The number of hydrogen-bond acceptors (Lipinski definition) is 7. The van der Waals surface area contributed by atoms with Crippen LogP contribution in [-0.2, 0) is 19.2 Å². The lowest BCUT2D eigenvalue weighted by Crippen LogP contribution is -2.15. The van der Waals surface area contributed by atoms with Crippen LogP contribution in [0.3, 0.4) is 0 Å². The molecule has 0 atom stereocenters. The number of esters is 1. The Labute approximate surface area is 115 Å². The number of benzene rings is 1. The van der Waals surface area contributed by atoms with Gasteiger partial charge in [0.25, 0.3) is 5.90 Å². The molecular formula is C13H14N2O5. The van der Waals surface area contributed by atoms with Crippen molar-refractivity contribution in [3.8, 4) is 5.75 Å². The Morgan fingerprint density at radius 3 is 2.80 bits per heavy atom. The summed E-state index contributed by atoms with van der Waals surface area (Å²) in [5.74, 6) is 0.467. The second-order valence-electron chi connectivity index (χ2n) is 3.79. The minimum Gasteiger partial charge on any atom is -0.462 e. The van der Waals surface area contributed by atoms with Crippen LogP contribution in [0.5, 0.6) is 5.75 Å². The van der Waals surface area contributed by atoms with Crippen LogP contribution in [-0.4, -0.2) is 37.9 Å². The number of fused-ring (bicyclic) bond motifs is 1. The van der Waals surface area contributed by atoms with Crippen LogP contribution in [0.2, 0.25) is 0 Å². The quantitative estimate of drug-likeness (QED) is 0.461. The molecule has 106 valence electrons. The first-order chi connectivity index (χ1) is 9.72. The van der Waals surface area contributed by atoms with Gasteiger partial charge in [-0.25, -0.2) is 0 Å². The van der Waals surface area contributed by atoms with Crippen molar-refractivity contribution >= 4 is 17.6 Å². The fourth-order valence-electron chi connectivity index (χ4n) is 1.59. The molecule has 0 fully saturated rings. The average Bonchev–Trinajstić information content (AvgIpc) is 2.77. The first-order valence-electron chi connectivity index (χ1n) is 5.94. The Morgan fingerprint density at radius 2 is 2.05 bits per heavy atom. The Morgan fingerprint density at radius 1 is 1.25 bits per heavy atom. The summed E-state index contributed by atoms with van der Waals surface area (Å²) >= 11 is 0. The topological polar surface area (TPSA) is 78.7 Å². The summed E-state index contributed by atoms with van der Waals surface area (Å²) in [7, 11) is 1.44. The van der Waals surface area contributed by atoms with Gasteiger partial charge >= 0.3 is 5.97 Å². The van der Waals surface area contributed by atoms with E-state index in [9.17, 15) is 4.79 Å². The molecule has 0 amide bonds. The maximum atomic E-state index is 10.6. The Balaban J connectivity index is 2.02. The van der Waals surface area contributed by atoms with Gasteiger partial charge in [0.1, 0.15) is 19.5 Å². The number of ether oxygens (including phenoxy) is 2. The molecule has 7 heteroatoms. The number of carbonyl (C=O) groups excluding carboxylic acids is 1. The lowest BCUT2D eigenvalue weighted by molar-refractivity contribution is -0.142. The van der Waals surface area contributed by atoms with Crippen LogP contribution < -0.4 is 4.74 Å². The molecule has 1 aromatic rings. The summed E-state index contributed by atoms with van der Waals surface area (Å²) in [4.78, 5) is 20.4. The first-order valence-corrected chi connectivity index (χ1v) is 5.94. The van der Waals surface area contributed by atoms with Crippen LogP contribution in [0.4, 0.5) is 0 Å². The molecule has 0 radical (unpaired) electrons. The predicted molar refractivity (Wildman–Crippen MR) is 70.6 cm³/mol. The molecule has 0 aliphatic carbocycles. The number of nitrogens with zero attached hydrogens (tertiary/aromatic N) is 2. The molecule has 0 aromatic heterocycles. The van der Waals surface area contributed by atoms with Gasteiger partial charge in [-0.1, -0.05) is 17.3 Å². The summed E-state index contributed by atoms with van der Waals surface area (Å²) in [6.07, 6.45) is 0. The third-order valence-electron chi connectivity index (χ3n) is 2.36. The molecule has 1 aliphatic rings. The van der Waals surface area contributed by atoms with Gasteiger partial charge in [-0.2, -0.15) is 0 Å². The third-order valence-corrected chi connectivity index (χ3v) is 2.36. The summed E-state index contributed by atoms with van der Waals surface area (Å²) in [6, 6.07) is 7.34. The maximum absolute atomic E-state index is 10.6. The van der Waals surface area contributed by atoms with Crippen molar-refractivity contribution in [1.29, 1.82) is 0 Å². The fraction of sp³-hybridized carbons (Fsp3) is 0.308. The second-order valence-corrected chi connectivity index (χ2v) is 3.79. The summed E-state index contributed by atoms with van der Waals surface area (Å²) in [5, 5.41) is 7.70. The Hall–Kier alpha value is -2.57. The van der Waals surface area contributed by atoms with Gasteiger partial charge in [0.2, 0.25) is 0 Å². The van der Waals surface area contributed by atoms with E-state index in [0.29, 0.717) is 11.5 Å².